The third kappa shape index (κ3) is 1.71. The van der Waals surface area contributed by atoms with Crippen molar-refractivity contribution in [2.45, 2.75) is 12.3 Å². The van der Waals surface area contributed by atoms with Crippen LogP contribution < -0.4 is 5.73 Å². The maximum Gasteiger partial charge on any atom is 0.128 e. The highest BCUT2D eigenvalue weighted by Gasteiger charge is 2.02. The van der Waals surface area contributed by atoms with Crippen molar-refractivity contribution >= 4 is 21.6 Å². The number of hydrogen-bond donors (Lipinski definition) is 1. The van der Waals surface area contributed by atoms with E-state index < -0.39 is 0 Å². The van der Waals surface area contributed by atoms with Gasteiger partial charge in [-0.25, -0.2) is 4.39 Å². The van der Waals surface area contributed by atoms with Crippen molar-refractivity contribution in [2.24, 2.45) is 0 Å². The molecular weight excluding hydrogens is 209 g/mol. The predicted octanol–water partition coefficient (Wildman–Crippen LogP) is 2.61. The van der Waals surface area contributed by atoms with Crippen LogP contribution in [0.1, 0.15) is 11.1 Å². The van der Waals surface area contributed by atoms with Crippen molar-refractivity contribution in [2.75, 3.05) is 5.73 Å². The van der Waals surface area contributed by atoms with Gasteiger partial charge < -0.3 is 5.73 Å². The van der Waals surface area contributed by atoms with E-state index in [0.717, 1.165) is 5.56 Å². The Labute approximate surface area is 73.5 Å². The highest BCUT2D eigenvalue weighted by molar-refractivity contribution is 9.08. The Morgan fingerprint density at radius 1 is 1.55 bits per heavy atom. The molecule has 1 aromatic carbocycles. The SMILES string of the molecule is Cc1cc(CBr)c(N)cc1F. The van der Waals surface area contributed by atoms with Gasteiger partial charge >= 0.3 is 0 Å². The van der Waals surface area contributed by atoms with Gasteiger partial charge in [0.2, 0.25) is 0 Å². The molecule has 0 amide bonds. The normalized spacial score (nSPS) is 10.1. The van der Waals surface area contributed by atoms with Crippen LogP contribution in [-0.4, -0.2) is 0 Å². The molecule has 0 aliphatic heterocycles. The second kappa shape index (κ2) is 3.22. The van der Waals surface area contributed by atoms with Gasteiger partial charge in [-0.1, -0.05) is 22.0 Å². The van der Waals surface area contributed by atoms with Crippen molar-refractivity contribution in [1.29, 1.82) is 0 Å². The molecule has 2 N–H and O–H groups in total. The van der Waals surface area contributed by atoms with Crippen LogP contribution in [0.5, 0.6) is 0 Å². The molecule has 11 heavy (non-hydrogen) atoms. The summed E-state index contributed by atoms with van der Waals surface area (Å²) in [5, 5.41) is 0.667. The minimum atomic E-state index is -0.243. The average Bonchev–Trinajstić information content (AvgIpc) is 1.97. The molecule has 0 aliphatic carbocycles. The Bertz CT molecular complexity index is 273. The summed E-state index contributed by atoms with van der Waals surface area (Å²) in [6, 6.07) is 3.10. The van der Waals surface area contributed by atoms with Crippen molar-refractivity contribution in [3.63, 3.8) is 0 Å². The van der Waals surface area contributed by atoms with Gasteiger partial charge in [-0.2, -0.15) is 0 Å². The molecule has 0 bridgehead atoms. The van der Waals surface area contributed by atoms with E-state index >= 15 is 0 Å². The fourth-order valence-corrected chi connectivity index (χ4v) is 1.36. The van der Waals surface area contributed by atoms with Crippen molar-refractivity contribution in [3.05, 3.63) is 29.1 Å². The fraction of sp³-hybridized carbons (Fsp3) is 0.250. The molecular formula is C8H9BrFN. The Kier molecular flexibility index (Phi) is 2.49. The molecule has 0 saturated heterocycles. The molecule has 0 unspecified atom stereocenters. The van der Waals surface area contributed by atoms with Crippen LogP contribution >= 0.6 is 15.9 Å². The first-order chi connectivity index (χ1) is 5.15. The first-order valence-corrected chi connectivity index (χ1v) is 4.37. The number of anilines is 1. The highest BCUT2D eigenvalue weighted by Crippen LogP contribution is 2.19. The van der Waals surface area contributed by atoms with Gasteiger partial charge in [-0.15, -0.1) is 0 Å². The zero-order chi connectivity index (χ0) is 8.43. The van der Waals surface area contributed by atoms with E-state index in [9.17, 15) is 4.39 Å². The van der Waals surface area contributed by atoms with Crippen LogP contribution in [0.25, 0.3) is 0 Å². The standard InChI is InChI=1S/C8H9BrFN/c1-5-2-6(4-9)8(11)3-7(5)10/h2-3H,4,11H2,1H3. The summed E-state index contributed by atoms with van der Waals surface area (Å²) in [4.78, 5) is 0. The lowest BCUT2D eigenvalue weighted by Gasteiger charge is -2.03. The second-order valence-electron chi connectivity index (χ2n) is 2.43. The van der Waals surface area contributed by atoms with Gasteiger partial charge in [0, 0.05) is 11.0 Å². The molecule has 1 rings (SSSR count). The minimum Gasteiger partial charge on any atom is -0.398 e. The molecule has 0 saturated carbocycles. The number of nitrogens with two attached hydrogens (primary N) is 1. The summed E-state index contributed by atoms with van der Waals surface area (Å²) in [5.74, 6) is -0.243. The Balaban J connectivity index is 3.21. The van der Waals surface area contributed by atoms with Crippen LogP contribution in [0.15, 0.2) is 12.1 Å². The minimum absolute atomic E-state index is 0.243. The number of alkyl halides is 1. The number of nitrogen functional groups attached to an aromatic ring is 1. The number of halogens is 2. The number of aryl methyl sites for hydroxylation is 1. The molecule has 0 radical (unpaired) electrons. The first kappa shape index (κ1) is 8.53. The third-order valence-electron chi connectivity index (χ3n) is 1.56. The van der Waals surface area contributed by atoms with Gasteiger partial charge in [0.25, 0.3) is 0 Å². The number of benzene rings is 1. The maximum absolute atomic E-state index is 12.8. The van der Waals surface area contributed by atoms with E-state index in [1.165, 1.54) is 6.07 Å². The molecule has 0 aliphatic rings. The lowest BCUT2D eigenvalue weighted by Crippen LogP contribution is -1.94. The Morgan fingerprint density at radius 2 is 2.18 bits per heavy atom. The van der Waals surface area contributed by atoms with Gasteiger partial charge in [0.05, 0.1) is 0 Å². The molecule has 3 heteroatoms. The second-order valence-corrected chi connectivity index (χ2v) is 2.99. The Hall–Kier alpha value is -0.570. The van der Waals surface area contributed by atoms with Crippen LogP contribution in [0.2, 0.25) is 0 Å². The number of rotatable bonds is 1. The summed E-state index contributed by atoms with van der Waals surface area (Å²) in [6.07, 6.45) is 0. The van der Waals surface area contributed by atoms with Crippen molar-refractivity contribution in [1.82, 2.24) is 0 Å². The molecule has 1 nitrogen and oxygen atoms in total. The Morgan fingerprint density at radius 3 is 2.73 bits per heavy atom. The quantitative estimate of drug-likeness (QED) is 0.569. The van der Waals surface area contributed by atoms with Gasteiger partial charge in [-0.05, 0) is 24.1 Å². The summed E-state index contributed by atoms with van der Waals surface area (Å²) >= 11 is 3.26. The zero-order valence-corrected chi connectivity index (χ0v) is 7.78. The van der Waals surface area contributed by atoms with E-state index in [1.807, 2.05) is 0 Å². The molecule has 0 aromatic heterocycles. The largest absolute Gasteiger partial charge is 0.398 e. The van der Waals surface area contributed by atoms with Crippen molar-refractivity contribution in [3.8, 4) is 0 Å². The van der Waals surface area contributed by atoms with E-state index in [4.69, 9.17) is 5.73 Å². The molecule has 0 atom stereocenters. The van der Waals surface area contributed by atoms with Crippen LogP contribution in [-0.2, 0) is 5.33 Å². The van der Waals surface area contributed by atoms with E-state index in [2.05, 4.69) is 15.9 Å². The molecule has 1 aromatic rings. The van der Waals surface area contributed by atoms with Crippen molar-refractivity contribution < 1.29 is 4.39 Å². The summed E-state index contributed by atoms with van der Waals surface area (Å²) in [5.41, 5.74) is 7.60. The van der Waals surface area contributed by atoms with Gasteiger partial charge in [0.15, 0.2) is 0 Å². The topological polar surface area (TPSA) is 26.0 Å². The summed E-state index contributed by atoms with van der Waals surface area (Å²) in [7, 11) is 0. The van der Waals surface area contributed by atoms with E-state index in [1.54, 1.807) is 13.0 Å². The van der Waals surface area contributed by atoms with E-state index in [-0.39, 0.29) is 5.82 Å². The zero-order valence-electron chi connectivity index (χ0n) is 6.20. The molecule has 0 heterocycles. The molecule has 0 spiro atoms. The lowest BCUT2D eigenvalue weighted by molar-refractivity contribution is 0.619. The monoisotopic (exact) mass is 217 g/mol. The predicted molar refractivity (Wildman–Crippen MR) is 48.2 cm³/mol. The maximum atomic E-state index is 12.8. The first-order valence-electron chi connectivity index (χ1n) is 3.25. The average molecular weight is 218 g/mol. The molecule has 0 fully saturated rings. The summed E-state index contributed by atoms with van der Waals surface area (Å²) in [6.45, 7) is 1.72. The van der Waals surface area contributed by atoms with Gasteiger partial charge in [0.1, 0.15) is 5.82 Å². The molecule has 60 valence electrons. The van der Waals surface area contributed by atoms with E-state index in [0.29, 0.717) is 16.6 Å². The fourth-order valence-electron chi connectivity index (χ4n) is 0.872. The smallest absolute Gasteiger partial charge is 0.128 e. The summed E-state index contributed by atoms with van der Waals surface area (Å²) < 4.78 is 12.8. The lowest BCUT2D eigenvalue weighted by atomic mass is 10.1. The van der Waals surface area contributed by atoms with Crippen LogP contribution in [0, 0.1) is 12.7 Å². The third-order valence-corrected chi connectivity index (χ3v) is 2.17. The van der Waals surface area contributed by atoms with Gasteiger partial charge in [-0.3, -0.25) is 0 Å². The number of hydrogen-bond acceptors (Lipinski definition) is 1. The highest BCUT2D eigenvalue weighted by atomic mass is 79.9. The van der Waals surface area contributed by atoms with Crippen LogP contribution in [0.3, 0.4) is 0 Å². The van der Waals surface area contributed by atoms with Crippen LogP contribution in [0.4, 0.5) is 10.1 Å².